The molecule has 0 aromatic heterocycles. The zero-order chi connectivity index (χ0) is 24.2. The predicted octanol–water partition coefficient (Wildman–Crippen LogP) is -3.68. The second kappa shape index (κ2) is 11.3. The molecule has 2 aliphatic heterocycles. The van der Waals surface area contributed by atoms with Crippen molar-refractivity contribution in [1.29, 1.82) is 0 Å². The van der Waals surface area contributed by atoms with E-state index in [0.717, 1.165) is 20.8 Å². The largest absolute Gasteiger partial charge is 0.463 e. The SMILES string of the molecule is CC(=O)OCC1O[C@@H](O[C@@H]2C(COC(C)=O)O[C@@H](OC(C)=O)[C@@H](O)C2O)[C@@H](O)C(O)[C@H]1O. The van der Waals surface area contributed by atoms with Crippen LogP contribution in [0.25, 0.3) is 0 Å². The highest BCUT2D eigenvalue weighted by molar-refractivity contribution is 5.66. The van der Waals surface area contributed by atoms with Gasteiger partial charge < -0.3 is 54.0 Å². The van der Waals surface area contributed by atoms with Crippen molar-refractivity contribution in [3.63, 3.8) is 0 Å². The number of esters is 3. The molecule has 0 aromatic carbocycles. The van der Waals surface area contributed by atoms with Crippen molar-refractivity contribution >= 4 is 17.9 Å². The Morgan fingerprint density at radius 3 is 1.69 bits per heavy atom. The van der Waals surface area contributed by atoms with E-state index in [-0.39, 0.29) is 0 Å². The fraction of sp³-hybridized carbons (Fsp3) is 0.833. The van der Waals surface area contributed by atoms with Gasteiger partial charge in [0, 0.05) is 20.8 Å². The minimum atomic E-state index is -1.82. The van der Waals surface area contributed by atoms with Crippen LogP contribution in [0.5, 0.6) is 0 Å². The lowest BCUT2D eigenvalue weighted by molar-refractivity contribution is -0.355. The number of carbonyl (C=O) groups is 3. The number of aliphatic hydroxyl groups excluding tert-OH is 5. The van der Waals surface area contributed by atoms with Gasteiger partial charge in [0.15, 0.2) is 6.29 Å². The van der Waals surface area contributed by atoms with Gasteiger partial charge in [0.25, 0.3) is 0 Å². The molecule has 2 saturated heterocycles. The standard InChI is InChI=1S/C18H28O14/c1-6(19)27-4-9-11(22)12(23)14(25)18(30-9)32-16-10(5-28-7(2)20)31-17(29-8(3)21)15(26)13(16)24/h9-18,22-26H,4-5H2,1-3H3/t9?,10?,11-,12?,13?,14-,15-,16+,17+,18-/m0/s1. The zero-order valence-corrected chi connectivity index (χ0v) is 17.6. The average Bonchev–Trinajstić information content (AvgIpc) is 2.70. The van der Waals surface area contributed by atoms with Crippen LogP contribution in [0.15, 0.2) is 0 Å². The summed E-state index contributed by atoms with van der Waals surface area (Å²) in [5.41, 5.74) is 0. The Labute approximate surface area is 182 Å². The van der Waals surface area contributed by atoms with Crippen LogP contribution in [0.2, 0.25) is 0 Å². The molecule has 14 heteroatoms. The Kier molecular flexibility index (Phi) is 9.29. The van der Waals surface area contributed by atoms with Gasteiger partial charge in [0.1, 0.15) is 62.0 Å². The van der Waals surface area contributed by atoms with E-state index < -0.39 is 92.5 Å². The number of carbonyl (C=O) groups excluding carboxylic acids is 3. The van der Waals surface area contributed by atoms with E-state index in [1.807, 2.05) is 0 Å². The Balaban J connectivity index is 2.19. The summed E-state index contributed by atoms with van der Waals surface area (Å²) in [6, 6.07) is 0. The van der Waals surface area contributed by atoms with Crippen molar-refractivity contribution in [3.8, 4) is 0 Å². The van der Waals surface area contributed by atoms with Crippen LogP contribution >= 0.6 is 0 Å². The molecule has 4 unspecified atom stereocenters. The van der Waals surface area contributed by atoms with E-state index in [0.29, 0.717) is 0 Å². The van der Waals surface area contributed by atoms with Gasteiger partial charge in [0.05, 0.1) is 0 Å². The minimum Gasteiger partial charge on any atom is -0.463 e. The second-order valence-corrected chi connectivity index (χ2v) is 7.35. The van der Waals surface area contributed by atoms with E-state index >= 15 is 0 Å². The van der Waals surface area contributed by atoms with Crippen molar-refractivity contribution in [1.82, 2.24) is 0 Å². The highest BCUT2D eigenvalue weighted by atomic mass is 16.8. The molecule has 2 fully saturated rings. The van der Waals surface area contributed by atoms with Crippen molar-refractivity contribution in [2.75, 3.05) is 13.2 Å². The smallest absolute Gasteiger partial charge is 0.305 e. The first-order valence-electron chi connectivity index (χ1n) is 9.73. The van der Waals surface area contributed by atoms with Crippen LogP contribution in [0, 0.1) is 0 Å². The Morgan fingerprint density at radius 1 is 0.656 bits per heavy atom. The summed E-state index contributed by atoms with van der Waals surface area (Å²) >= 11 is 0. The molecule has 5 N–H and O–H groups in total. The maximum Gasteiger partial charge on any atom is 0.305 e. The third kappa shape index (κ3) is 6.55. The van der Waals surface area contributed by atoms with Crippen LogP contribution in [0.3, 0.4) is 0 Å². The molecule has 2 heterocycles. The number of aliphatic hydroxyl groups is 5. The van der Waals surface area contributed by atoms with Crippen molar-refractivity contribution in [2.24, 2.45) is 0 Å². The van der Waals surface area contributed by atoms with E-state index in [1.54, 1.807) is 0 Å². The summed E-state index contributed by atoms with van der Waals surface area (Å²) in [6.07, 6.45) is -16.2. The number of hydrogen-bond donors (Lipinski definition) is 5. The summed E-state index contributed by atoms with van der Waals surface area (Å²) in [4.78, 5) is 33.5. The van der Waals surface area contributed by atoms with Crippen LogP contribution in [0.4, 0.5) is 0 Å². The van der Waals surface area contributed by atoms with E-state index in [9.17, 15) is 39.9 Å². The van der Waals surface area contributed by atoms with Gasteiger partial charge in [-0.25, -0.2) is 0 Å². The molecule has 0 spiro atoms. The molecule has 184 valence electrons. The Hall–Kier alpha value is -1.91. The molecular formula is C18H28O14. The van der Waals surface area contributed by atoms with E-state index in [1.165, 1.54) is 0 Å². The first-order chi connectivity index (χ1) is 14.9. The maximum absolute atomic E-state index is 11.2. The molecule has 14 nitrogen and oxygen atoms in total. The van der Waals surface area contributed by atoms with E-state index in [2.05, 4.69) is 0 Å². The summed E-state index contributed by atoms with van der Waals surface area (Å²) in [5.74, 6) is -2.20. The first kappa shape index (κ1) is 26.3. The normalized spacial score (nSPS) is 39.8. The molecule has 0 amide bonds. The predicted molar refractivity (Wildman–Crippen MR) is 97.3 cm³/mol. The lowest BCUT2D eigenvalue weighted by Crippen LogP contribution is -2.65. The van der Waals surface area contributed by atoms with Gasteiger partial charge in [-0.05, 0) is 0 Å². The fourth-order valence-corrected chi connectivity index (χ4v) is 3.19. The third-order valence-corrected chi connectivity index (χ3v) is 4.78. The molecule has 2 aliphatic rings. The van der Waals surface area contributed by atoms with Crippen molar-refractivity contribution in [3.05, 3.63) is 0 Å². The highest BCUT2D eigenvalue weighted by Gasteiger charge is 2.51. The number of ether oxygens (including phenoxy) is 6. The lowest BCUT2D eigenvalue weighted by atomic mass is 9.97. The maximum atomic E-state index is 11.2. The highest BCUT2D eigenvalue weighted by Crippen LogP contribution is 2.30. The molecule has 0 saturated carbocycles. The molecule has 32 heavy (non-hydrogen) atoms. The van der Waals surface area contributed by atoms with Gasteiger partial charge in [-0.1, -0.05) is 0 Å². The molecule has 0 aromatic rings. The Morgan fingerprint density at radius 2 is 1.16 bits per heavy atom. The van der Waals surface area contributed by atoms with Crippen molar-refractivity contribution in [2.45, 2.75) is 82.2 Å². The molecule has 2 rings (SSSR count). The number of rotatable bonds is 7. The molecule has 0 radical (unpaired) electrons. The number of hydrogen-bond acceptors (Lipinski definition) is 14. The van der Waals surface area contributed by atoms with Crippen molar-refractivity contribution < 1.29 is 68.3 Å². The summed E-state index contributed by atoms with van der Waals surface area (Å²) < 4.78 is 30.7. The van der Waals surface area contributed by atoms with Gasteiger partial charge in [0.2, 0.25) is 6.29 Å². The van der Waals surface area contributed by atoms with Gasteiger partial charge in [-0.2, -0.15) is 0 Å². The Bertz CT molecular complexity index is 670. The molecule has 10 atom stereocenters. The summed E-state index contributed by atoms with van der Waals surface area (Å²) in [5, 5.41) is 51.2. The average molecular weight is 468 g/mol. The molecule has 0 aliphatic carbocycles. The van der Waals surface area contributed by atoms with Gasteiger partial charge >= 0.3 is 17.9 Å². The summed E-state index contributed by atoms with van der Waals surface area (Å²) in [6.45, 7) is 2.31. The molecule has 0 bridgehead atoms. The second-order valence-electron chi connectivity index (χ2n) is 7.35. The van der Waals surface area contributed by atoms with E-state index in [4.69, 9.17) is 28.4 Å². The lowest BCUT2D eigenvalue weighted by Gasteiger charge is -2.45. The van der Waals surface area contributed by atoms with Gasteiger partial charge in [-0.15, -0.1) is 0 Å². The fourth-order valence-electron chi connectivity index (χ4n) is 3.19. The third-order valence-electron chi connectivity index (χ3n) is 4.78. The zero-order valence-electron chi connectivity index (χ0n) is 17.6. The minimum absolute atomic E-state index is 0.474. The van der Waals surface area contributed by atoms with Gasteiger partial charge in [-0.3, -0.25) is 14.4 Å². The van der Waals surface area contributed by atoms with Crippen LogP contribution < -0.4 is 0 Å². The van der Waals surface area contributed by atoms with Crippen LogP contribution in [-0.4, -0.2) is 118 Å². The topological polar surface area (TPSA) is 208 Å². The quantitative estimate of drug-likeness (QED) is 0.180. The van der Waals surface area contributed by atoms with Crippen LogP contribution in [-0.2, 0) is 42.8 Å². The molecular weight excluding hydrogens is 440 g/mol. The van der Waals surface area contributed by atoms with Crippen LogP contribution in [0.1, 0.15) is 20.8 Å². The monoisotopic (exact) mass is 468 g/mol. The first-order valence-corrected chi connectivity index (χ1v) is 9.73. The summed E-state index contributed by atoms with van der Waals surface area (Å²) in [7, 11) is 0.